The molecule has 4 heteroatoms. The minimum atomic E-state index is 0.569. The molecule has 0 bridgehead atoms. The van der Waals surface area contributed by atoms with Crippen molar-refractivity contribution in [3.05, 3.63) is 65.2 Å². The van der Waals surface area contributed by atoms with E-state index in [9.17, 15) is 0 Å². The largest absolute Gasteiger partial charge is 0.371 e. The van der Waals surface area contributed by atoms with Gasteiger partial charge in [0.2, 0.25) is 0 Å². The molecule has 2 aromatic rings. The van der Waals surface area contributed by atoms with Gasteiger partial charge in [0.1, 0.15) is 0 Å². The molecule has 0 atom stereocenters. The van der Waals surface area contributed by atoms with Crippen molar-refractivity contribution in [2.24, 2.45) is 0 Å². The average Bonchev–Trinajstić information content (AvgIpc) is 2.75. The zero-order valence-electron chi connectivity index (χ0n) is 17.9. The molecule has 1 fully saturated rings. The van der Waals surface area contributed by atoms with Crippen molar-refractivity contribution in [3.8, 4) is 6.07 Å². The van der Waals surface area contributed by atoms with Gasteiger partial charge in [-0.3, -0.25) is 4.90 Å². The molecule has 2 aromatic carbocycles. The molecule has 1 N–H and O–H groups in total. The number of likely N-dealkylation sites (tertiary alicyclic amines) is 1. The Morgan fingerprint density at radius 3 is 2.55 bits per heavy atom. The molecule has 4 nitrogen and oxygen atoms in total. The lowest BCUT2D eigenvalue weighted by molar-refractivity contribution is 0.190. The van der Waals surface area contributed by atoms with Crippen molar-refractivity contribution in [1.29, 1.82) is 5.26 Å². The molecular weight excluding hydrogens is 356 g/mol. The maximum atomic E-state index is 8.85. The van der Waals surface area contributed by atoms with Crippen LogP contribution in [0.2, 0.25) is 0 Å². The van der Waals surface area contributed by atoms with Crippen LogP contribution in [0.1, 0.15) is 42.9 Å². The van der Waals surface area contributed by atoms with Crippen LogP contribution < -0.4 is 10.2 Å². The molecule has 3 rings (SSSR count). The third-order valence-corrected chi connectivity index (χ3v) is 5.98. The van der Waals surface area contributed by atoms with Gasteiger partial charge in [-0.15, -0.1) is 0 Å². The van der Waals surface area contributed by atoms with Crippen LogP contribution >= 0.6 is 0 Å². The lowest BCUT2D eigenvalue weighted by atomic mass is 10.0. The summed E-state index contributed by atoms with van der Waals surface area (Å²) in [5.41, 5.74) is 5.33. The molecular formula is C25H34N4. The van der Waals surface area contributed by atoms with E-state index in [0.29, 0.717) is 12.5 Å². The number of nitrogens with one attached hydrogen (secondary N) is 1. The van der Waals surface area contributed by atoms with Gasteiger partial charge in [-0.25, -0.2) is 0 Å². The summed E-state index contributed by atoms with van der Waals surface area (Å²) in [5.74, 6) is 0. The van der Waals surface area contributed by atoms with E-state index in [2.05, 4.69) is 83.6 Å². The third kappa shape index (κ3) is 6.32. The molecule has 1 aliphatic rings. The minimum absolute atomic E-state index is 0.569. The van der Waals surface area contributed by atoms with Crippen LogP contribution in [0.5, 0.6) is 0 Å². The first kappa shape index (κ1) is 21.4. The first-order valence-corrected chi connectivity index (χ1v) is 10.9. The summed E-state index contributed by atoms with van der Waals surface area (Å²) in [6.07, 6.45) is 2.99. The Balaban J connectivity index is 1.46. The van der Waals surface area contributed by atoms with Crippen LogP contribution in [-0.4, -0.2) is 37.1 Å². The highest BCUT2D eigenvalue weighted by Gasteiger charge is 2.19. The molecule has 154 valence electrons. The maximum absolute atomic E-state index is 8.85. The van der Waals surface area contributed by atoms with E-state index in [4.69, 9.17) is 5.26 Å². The molecule has 0 radical (unpaired) electrons. The second-order valence-corrected chi connectivity index (χ2v) is 8.02. The molecule has 0 amide bonds. The number of nitrogens with zero attached hydrogens (tertiary/aromatic N) is 3. The number of hydrogen-bond acceptors (Lipinski definition) is 4. The van der Waals surface area contributed by atoms with Crippen molar-refractivity contribution in [2.45, 2.75) is 52.2 Å². The fraction of sp³-hybridized carbons (Fsp3) is 0.480. The van der Waals surface area contributed by atoms with Gasteiger partial charge in [0.05, 0.1) is 12.5 Å². The van der Waals surface area contributed by atoms with Crippen molar-refractivity contribution in [3.63, 3.8) is 0 Å². The Kier molecular flexibility index (Phi) is 8.10. The summed E-state index contributed by atoms with van der Waals surface area (Å²) in [5, 5.41) is 12.6. The zero-order chi connectivity index (χ0) is 20.5. The number of rotatable bonds is 9. The summed E-state index contributed by atoms with van der Waals surface area (Å²) in [4.78, 5) is 4.84. The highest BCUT2D eigenvalue weighted by molar-refractivity contribution is 5.50. The number of piperidine rings is 1. The first-order chi connectivity index (χ1) is 14.2. The number of nitriles is 1. The normalized spacial score (nSPS) is 15.2. The Hall–Kier alpha value is -2.35. The second kappa shape index (κ2) is 11.0. The number of benzene rings is 2. The summed E-state index contributed by atoms with van der Waals surface area (Å²) in [6.45, 7) is 10.4. The number of anilines is 1. The van der Waals surface area contributed by atoms with Gasteiger partial charge in [0.25, 0.3) is 0 Å². The van der Waals surface area contributed by atoms with Gasteiger partial charge in [0, 0.05) is 37.9 Å². The molecule has 1 aliphatic heterocycles. The maximum Gasteiger partial charge on any atom is 0.0640 e. The van der Waals surface area contributed by atoms with Gasteiger partial charge >= 0.3 is 0 Å². The van der Waals surface area contributed by atoms with Gasteiger partial charge < -0.3 is 10.2 Å². The summed E-state index contributed by atoms with van der Waals surface area (Å²) >= 11 is 0. The van der Waals surface area contributed by atoms with Gasteiger partial charge in [0.15, 0.2) is 0 Å². The molecule has 0 saturated carbocycles. The highest BCUT2D eigenvalue weighted by atomic mass is 15.1. The van der Waals surface area contributed by atoms with E-state index in [1.165, 1.54) is 35.2 Å². The number of aryl methyl sites for hydroxylation is 1. The molecule has 0 spiro atoms. The Morgan fingerprint density at radius 2 is 1.90 bits per heavy atom. The van der Waals surface area contributed by atoms with Gasteiger partial charge in [-0.1, -0.05) is 36.4 Å². The fourth-order valence-corrected chi connectivity index (χ4v) is 4.12. The van der Waals surface area contributed by atoms with Crippen LogP contribution in [0.25, 0.3) is 0 Å². The van der Waals surface area contributed by atoms with Crippen molar-refractivity contribution >= 4 is 5.69 Å². The predicted molar refractivity (Wildman–Crippen MR) is 121 cm³/mol. The average molecular weight is 391 g/mol. The molecule has 29 heavy (non-hydrogen) atoms. The molecule has 0 aromatic heterocycles. The van der Waals surface area contributed by atoms with Crippen LogP contribution in [0.15, 0.2) is 48.5 Å². The zero-order valence-corrected chi connectivity index (χ0v) is 17.9. The van der Waals surface area contributed by atoms with Crippen molar-refractivity contribution in [2.75, 3.05) is 31.1 Å². The fourth-order valence-electron chi connectivity index (χ4n) is 4.12. The number of hydrogen-bond donors (Lipinski definition) is 1. The molecule has 1 saturated heterocycles. The topological polar surface area (TPSA) is 42.3 Å². The summed E-state index contributed by atoms with van der Waals surface area (Å²) in [7, 11) is 0. The monoisotopic (exact) mass is 390 g/mol. The molecule has 1 heterocycles. The van der Waals surface area contributed by atoms with E-state index in [1.54, 1.807) is 0 Å². The third-order valence-electron chi connectivity index (χ3n) is 5.98. The van der Waals surface area contributed by atoms with E-state index < -0.39 is 0 Å². The Morgan fingerprint density at radius 1 is 1.14 bits per heavy atom. The smallest absolute Gasteiger partial charge is 0.0640 e. The highest BCUT2D eigenvalue weighted by Crippen LogP contribution is 2.20. The van der Waals surface area contributed by atoms with Crippen molar-refractivity contribution < 1.29 is 0 Å². The molecule has 0 unspecified atom stereocenters. The Labute approximate surface area is 176 Å². The quantitative estimate of drug-likeness (QED) is 0.685. The van der Waals surface area contributed by atoms with E-state index in [-0.39, 0.29) is 0 Å². The minimum Gasteiger partial charge on any atom is -0.371 e. The molecule has 0 aliphatic carbocycles. The summed E-state index contributed by atoms with van der Waals surface area (Å²) in [6, 6.07) is 20.3. The van der Waals surface area contributed by atoms with Crippen LogP contribution in [0.4, 0.5) is 5.69 Å². The Bertz CT molecular complexity index is 788. The lowest BCUT2D eigenvalue weighted by Crippen LogP contribution is -2.41. The van der Waals surface area contributed by atoms with E-state index >= 15 is 0 Å². The van der Waals surface area contributed by atoms with Crippen LogP contribution in [0.3, 0.4) is 0 Å². The summed E-state index contributed by atoms with van der Waals surface area (Å²) < 4.78 is 0. The van der Waals surface area contributed by atoms with E-state index in [0.717, 1.165) is 39.3 Å². The SMILES string of the molecule is CCN(CCC#N)c1ccc(CNC2CCN(Cc3ccccc3)CC2)c(C)c1. The lowest BCUT2D eigenvalue weighted by Gasteiger charge is -2.32. The first-order valence-electron chi connectivity index (χ1n) is 10.9. The van der Waals surface area contributed by atoms with Crippen LogP contribution in [-0.2, 0) is 13.1 Å². The second-order valence-electron chi connectivity index (χ2n) is 8.02. The van der Waals surface area contributed by atoms with Gasteiger partial charge in [-0.2, -0.15) is 5.26 Å². The van der Waals surface area contributed by atoms with Crippen LogP contribution in [0, 0.1) is 18.3 Å². The predicted octanol–water partition coefficient (Wildman–Crippen LogP) is 4.49. The van der Waals surface area contributed by atoms with E-state index in [1.807, 2.05) is 0 Å². The van der Waals surface area contributed by atoms with Crippen molar-refractivity contribution in [1.82, 2.24) is 10.2 Å². The standard InChI is InChI=1S/C25H34N4/c1-3-29(15-7-14-26)25-11-10-23(21(2)18-25)19-27-24-12-16-28(17-13-24)20-22-8-5-4-6-9-22/h4-6,8-11,18,24,27H,3,7,12-13,15-17,19-20H2,1-2H3. The van der Waals surface area contributed by atoms with Gasteiger partial charge in [-0.05, 0) is 68.6 Å².